The average Bonchev–Trinajstić information content (AvgIpc) is 2.67. The highest BCUT2D eigenvalue weighted by Crippen LogP contribution is 2.51. The van der Waals surface area contributed by atoms with Crippen LogP contribution >= 0.6 is 0 Å². The smallest absolute Gasteiger partial charge is 0.406 e. The van der Waals surface area contributed by atoms with Gasteiger partial charge in [-0.15, -0.1) is 13.2 Å². The molecule has 1 nitrogen and oxygen atoms in total. The van der Waals surface area contributed by atoms with Crippen LogP contribution in [0.3, 0.4) is 0 Å². The van der Waals surface area contributed by atoms with E-state index in [1.54, 1.807) is 0 Å². The summed E-state index contributed by atoms with van der Waals surface area (Å²) in [6, 6.07) is 5.41. The van der Waals surface area contributed by atoms with Crippen molar-refractivity contribution in [3.63, 3.8) is 0 Å². The van der Waals surface area contributed by atoms with E-state index in [9.17, 15) is 13.2 Å². The predicted octanol–water partition coefficient (Wildman–Crippen LogP) is 8.49. The van der Waals surface area contributed by atoms with Gasteiger partial charge in [-0.1, -0.05) is 57.6 Å². The number of hydrogen-bond donors (Lipinski definition) is 0. The monoisotopic (exact) mass is 432 g/mol. The molecule has 0 aliphatic heterocycles. The first kappa shape index (κ1) is 23.3. The van der Waals surface area contributed by atoms with Crippen LogP contribution in [0.4, 0.5) is 22.0 Å². The summed E-state index contributed by atoms with van der Waals surface area (Å²) in [6.45, 7) is 2.19. The molecule has 0 spiro atoms. The summed E-state index contributed by atoms with van der Waals surface area (Å²) in [5, 5.41) is 0. The van der Waals surface area contributed by atoms with Crippen molar-refractivity contribution in [1.82, 2.24) is 0 Å². The quantitative estimate of drug-likeness (QED) is 0.310. The molecule has 0 N–H and O–H groups in total. The highest BCUT2D eigenvalue weighted by atomic mass is 19.4. The van der Waals surface area contributed by atoms with Crippen LogP contribution in [0.5, 0.6) is 5.75 Å². The Morgan fingerprint density at radius 1 is 0.933 bits per heavy atom. The van der Waals surface area contributed by atoms with Crippen molar-refractivity contribution in [2.75, 3.05) is 0 Å². The standard InChI is InChI=1S/C24H33F5O/c1-2-3-4-5-17-6-8-19(9-7-17)22-15-12-20(16-23(22,25)26)18-10-13-21(14-11-18)30-24(27,28)29/h10-11,13-14,17,19-20,22H,2-9,12,15-16H2,1H3/t17?,19?,20-,22+/m0/s1. The predicted molar refractivity (Wildman–Crippen MR) is 108 cm³/mol. The lowest BCUT2D eigenvalue weighted by atomic mass is 9.66. The molecule has 0 amide bonds. The van der Waals surface area contributed by atoms with Gasteiger partial charge in [0.05, 0.1) is 0 Å². The van der Waals surface area contributed by atoms with Crippen LogP contribution in [0.2, 0.25) is 0 Å². The van der Waals surface area contributed by atoms with Gasteiger partial charge in [0.1, 0.15) is 5.75 Å². The fourth-order valence-corrected chi connectivity index (χ4v) is 5.54. The first-order valence-electron chi connectivity index (χ1n) is 11.4. The van der Waals surface area contributed by atoms with Crippen LogP contribution in [0.1, 0.15) is 89.0 Å². The zero-order valence-corrected chi connectivity index (χ0v) is 17.7. The van der Waals surface area contributed by atoms with E-state index in [0.29, 0.717) is 24.3 Å². The van der Waals surface area contributed by atoms with E-state index in [1.807, 2.05) is 0 Å². The lowest BCUT2D eigenvalue weighted by molar-refractivity contribution is -0.274. The van der Waals surface area contributed by atoms with Crippen LogP contribution in [0.15, 0.2) is 24.3 Å². The molecule has 0 heterocycles. The van der Waals surface area contributed by atoms with E-state index in [1.165, 1.54) is 49.9 Å². The third-order valence-corrected chi connectivity index (χ3v) is 7.15. The van der Waals surface area contributed by atoms with Gasteiger partial charge in [-0.3, -0.25) is 0 Å². The third-order valence-electron chi connectivity index (χ3n) is 7.15. The van der Waals surface area contributed by atoms with Gasteiger partial charge in [-0.25, -0.2) is 8.78 Å². The number of rotatable bonds is 7. The van der Waals surface area contributed by atoms with Crippen molar-refractivity contribution in [2.24, 2.45) is 17.8 Å². The third kappa shape index (κ3) is 6.34. The second-order valence-electron chi connectivity index (χ2n) is 9.24. The Morgan fingerprint density at radius 2 is 1.60 bits per heavy atom. The molecule has 0 radical (unpaired) electrons. The molecule has 170 valence electrons. The van der Waals surface area contributed by atoms with Gasteiger partial charge in [0.2, 0.25) is 0 Å². The minimum Gasteiger partial charge on any atom is -0.406 e. The zero-order valence-electron chi connectivity index (χ0n) is 17.7. The van der Waals surface area contributed by atoms with Crippen molar-refractivity contribution < 1.29 is 26.7 Å². The highest BCUT2D eigenvalue weighted by Gasteiger charge is 2.49. The van der Waals surface area contributed by atoms with Crippen LogP contribution in [0, 0.1) is 17.8 Å². The van der Waals surface area contributed by atoms with E-state index in [2.05, 4.69) is 11.7 Å². The molecule has 0 bridgehead atoms. The molecule has 0 saturated heterocycles. The summed E-state index contributed by atoms with van der Waals surface area (Å²) in [5.74, 6) is -3.10. The number of unbranched alkanes of at least 4 members (excludes halogenated alkanes) is 2. The lowest BCUT2D eigenvalue weighted by Crippen LogP contribution is -2.40. The maximum atomic E-state index is 15.1. The normalized spacial score (nSPS) is 29.5. The molecule has 3 rings (SSSR count). The van der Waals surface area contributed by atoms with E-state index < -0.39 is 18.2 Å². The van der Waals surface area contributed by atoms with E-state index in [4.69, 9.17) is 0 Å². The van der Waals surface area contributed by atoms with Crippen molar-refractivity contribution in [2.45, 2.75) is 95.8 Å². The van der Waals surface area contributed by atoms with Gasteiger partial charge in [0.15, 0.2) is 0 Å². The number of ether oxygens (including phenoxy) is 1. The molecule has 2 aliphatic rings. The van der Waals surface area contributed by atoms with Crippen molar-refractivity contribution in [3.05, 3.63) is 29.8 Å². The van der Waals surface area contributed by atoms with Gasteiger partial charge in [0.25, 0.3) is 5.92 Å². The van der Waals surface area contributed by atoms with Crippen molar-refractivity contribution in [3.8, 4) is 5.75 Å². The Bertz CT molecular complexity index is 647. The maximum Gasteiger partial charge on any atom is 0.573 e. The fraction of sp³-hybridized carbons (Fsp3) is 0.750. The first-order valence-corrected chi connectivity index (χ1v) is 11.4. The number of halogens is 5. The molecular formula is C24H33F5O. The molecule has 30 heavy (non-hydrogen) atoms. The second kappa shape index (κ2) is 9.86. The molecule has 6 heteroatoms. The van der Waals surface area contributed by atoms with E-state index in [-0.39, 0.29) is 24.0 Å². The molecule has 1 aromatic rings. The molecular weight excluding hydrogens is 399 g/mol. The van der Waals surface area contributed by atoms with E-state index in [0.717, 1.165) is 25.7 Å². The van der Waals surface area contributed by atoms with Crippen LogP contribution < -0.4 is 4.74 Å². The largest absolute Gasteiger partial charge is 0.573 e. The Labute approximate surface area is 176 Å². The van der Waals surface area contributed by atoms with Crippen LogP contribution in [0.25, 0.3) is 0 Å². The molecule has 1 aromatic carbocycles. The molecule has 0 aromatic heterocycles. The fourth-order valence-electron chi connectivity index (χ4n) is 5.54. The Kier molecular flexibility index (Phi) is 7.67. The molecule has 2 aliphatic carbocycles. The number of hydrogen-bond acceptors (Lipinski definition) is 1. The molecule has 0 unspecified atom stereocenters. The van der Waals surface area contributed by atoms with Gasteiger partial charge in [-0.2, -0.15) is 0 Å². The van der Waals surface area contributed by atoms with Crippen molar-refractivity contribution in [1.29, 1.82) is 0 Å². The summed E-state index contributed by atoms with van der Waals surface area (Å²) in [6.07, 6.45) is 5.10. The summed E-state index contributed by atoms with van der Waals surface area (Å²) in [7, 11) is 0. The molecule has 2 atom stereocenters. The summed E-state index contributed by atoms with van der Waals surface area (Å²) in [5.41, 5.74) is 0.669. The minimum absolute atomic E-state index is 0.103. The number of alkyl halides is 5. The summed E-state index contributed by atoms with van der Waals surface area (Å²) < 4.78 is 70.9. The maximum absolute atomic E-state index is 15.1. The minimum atomic E-state index is -4.75. The topological polar surface area (TPSA) is 9.23 Å². The van der Waals surface area contributed by atoms with Gasteiger partial charge < -0.3 is 4.74 Å². The zero-order chi connectivity index (χ0) is 21.8. The lowest BCUT2D eigenvalue weighted by Gasteiger charge is -2.42. The molecule has 2 fully saturated rings. The van der Waals surface area contributed by atoms with Gasteiger partial charge in [0, 0.05) is 12.3 Å². The second-order valence-corrected chi connectivity index (χ2v) is 9.24. The Hall–Kier alpha value is -1.33. The van der Waals surface area contributed by atoms with Crippen molar-refractivity contribution >= 4 is 0 Å². The number of benzene rings is 1. The molecule has 2 saturated carbocycles. The SMILES string of the molecule is CCCCCC1CCC([C@H]2CC[C@H](c3ccc(OC(F)(F)F)cc3)CC2(F)F)CC1. The van der Waals surface area contributed by atoms with Crippen LogP contribution in [-0.2, 0) is 0 Å². The average molecular weight is 433 g/mol. The van der Waals surface area contributed by atoms with Crippen LogP contribution in [-0.4, -0.2) is 12.3 Å². The van der Waals surface area contributed by atoms with Gasteiger partial charge in [-0.05, 0) is 61.1 Å². The first-order chi connectivity index (χ1) is 14.2. The summed E-state index contributed by atoms with van der Waals surface area (Å²) in [4.78, 5) is 0. The van der Waals surface area contributed by atoms with Gasteiger partial charge >= 0.3 is 6.36 Å². The Morgan fingerprint density at radius 3 is 2.17 bits per heavy atom. The Balaban J connectivity index is 1.53. The summed E-state index contributed by atoms with van der Waals surface area (Å²) >= 11 is 0. The highest BCUT2D eigenvalue weighted by molar-refractivity contribution is 5.30. The van der Waals surface area contributed by atoms with E-state index >= 15 is 8.78 Å².